The van der Waals surface area contributed by atoms with E-state index in [9.17, 15) is 9.59 Å². The molecule has 130 valence electrons. The minimum Gasteiger partial charge on any atom is -0.451 e. The van der Waals surface area contributed by atoms with Gasteiger partial charge in [0, 0.05) is 30.1 Å². The molecule has 1 atom stereocenters. The number of aryl methyl sites for hydroxylation is 2. The monoisotopic (exact) mass is 334 g/mol. The van der Waals surface area contributed by atoms with Crippen LogP contribution in [0.5, 0.6) is 0 Å². The molecule has 2 aromatic heterocycles. The molecule has 7 nitrogen and oxygen atoms in total. The minimum atomic E-state index is -0.703. The molecule has 0 bridgehead atoms. The maximum absolute atomic E-state index is 12.4. The molecule has 0 aliphatic rings. The van der Waals surface area contributed by atoms with E-state index in [2.05, 4.69) is 5.16 Å². The number of methoxy groups -OCH3 is 1. The van der Waals surface area contributed by atoms with Crippen LogP contribution in [0.1, 0.15) is 51.0 Å². The average Bonchev–Trinajstić information content (AvgIpc) is 3.08. The fraction of sp³-hybridized carbons (Fsp3) is 0.471. The Morgan fingerprint density at radius 2 is 2.00 bits per heavy atom. The van der Waals surface area contributed by atoms with Gasteiger partial charge in [0.25, 0.3) is 0 Å². The van der Waals surface area contributed by atoms with E-state index in [0.717, 1.165) is 11.4 Å². The standard InChI is InChI=1S/C17H22N2O5/c1-10-6-16(24-18-10)17(21)23-9-15(20)14-7-11(2)19(13(14)4)12(3)8-22-5/h6-7,12H,8-9H2,1-5H3/t12-/m0/s1. The van der Waals surface area contributed by atoms with Gasteiger partial charge in [-0.1, -0.05) is 5.16 Å². The average molecular weight is 334 g/mol. The smallest absolute Gasteiger partial charge is 0.377 e. The van der Waals surface area contributed by atoms with Crippen LogP contribution in [-0.4, -0.2) is 41.8 Å². The summed E-state index contributed by atoms with van der Waals surface area (Å²) in [5.41, 5.74) is 2.90. The molecule has 0 spiro atoms. The van der Waals surface area contributed by atoms with E-state index in [0.29, 0.717) is 17.9 Å². The summed E-state index contributed by atoms with van der Waals surface area (Å²) in [5.74, 6) is -0.978. The summed E-state index contributed by atoms with van der Waals surface area (Å²) in [5, 5.41) is 3.61. The Hall–Kier alpha value is -2.41. The zero-order valence-electron chi connectivity index (χ0n) is 14.6. The molecule has 0 aliphatic heterocycles. The van der Waals surface area contributed by atoms with Crippen LogP contribution in [0.4, 0.5) is 0 Å². The van der Waals surface area contributed by atoms with Crippen LogP contribution in [-0.2, 0) is 9.47 Å². The van der Waals surface area contributed by atoms with Gasteiger partial charge in [0.15, 0.2) is 6.61 Å². The molecule has 0 fully saturated rings. The first kappa shape index (κ1) is 17.9. The lowest BCUT2D eigenvalue weighted by molar-refractivity contribution is 0.0435. The van der Waals surface area contributed by atoms with Gasteiger partial charge in [-0.15, -0.1) is 0 Å². The normalized spacial score (nSPS) is 12.2. The summed E-state index contributed by atoms with van der Waals surface area (Å²) < 4.78 is 17.0. The van der Waals surface area contributed by atoms with Crippen molar-refractivity contribution in [2.24, 2.45) is 0 Å². The molecule has 2 heterocycles. The van der Waals surface area contributed by atoms with Crippen LogP contribution in [0.2, 0.25) is 0 Å². The van der Waals surface area contributed by atoms with Crippen molar-refractivity contribution < 1.29 is 23.6 Å². The Balaban J connectivity index is 2.07. The molecule has 0 aliphatic carbocycles. The van der Waals surface area contributed by atoms with Gasteiger partial charge in [0.1, 0.15) is 0 Å². The fourth-order valence-electron chi connectivity index (χ4n) is 2.79. The van der Waals surface area contributed by atoms with Crippen molar-refractivity contribution in [3.8, 4) is 0 Å². The van der Waals surface area contributed by atoms with Crippen molar-refractivity contribution in [3.05, 3.63) is 40.5 Å². The van der Waals surface area contributed by atoms with Gasteiger partial charge in [-0.25, -0.2) is 4.79 Å². The molecule has 0 aromatic carbocycles. The second-order valence-corrected chi connectivity index (χ2v) is 5.79. The highest BCUT2D eigenvalue weighted by Crippen LogP contribution is 2.21. The molecular formula is C17H22N2O5. The van der Waals surface area contributed by atoms with Crippen LogP contribution in [0.15, 0.2) is 16.7 Å². The molecule has 0 saturated carbocycles. The van der Waals surface area contributed by atoms with Gasteiger partial charge >= 0.3 is 5.97 Å². The highest BCUT2D eigenvalue weighted by molar-refractivity contribution is 6.00. The Labute approximate surface area is 140 Å². The van der Waals surface area contributed by atoms with Gasteiger partial charge < -0.3 is 18.6 Å². The SMILES string of the molecule is COC[C@H](C)n1c(C)cc(C(=O)COC(=O)c2cc(C)no2)c1C. The number of ether oxygens (including phenoxy) is 2. The van der Waals surface area contributed by atoms with Crippen LogP contribution in [0, 0.1) is 20.8 Å². The summed E-state index contributed by atoms with van der Waals surface area (Å²) in [4.78, 5) is 24.2. The van der Waals surface area contributed by atoms with E-state index >= 15 is 0 Å². The zero-order valence-corrected chi connectivity index (χ0v) is 14.6. The molecule has 0 unspecified atom stereocenters. The van der Waals surface area contributed by atoms with Crippen molar-refractivity contribution >= 4 is 11.8 Å². The summed E-state index contributed by atoms with van der Waals surface area (Å²) in [6.45, 7) is 7.71. The maximum Gasteiger partial charge on any atom is 0.377 e. The van der Waals surface area contributed by atoms with Crippen molar-refractivity contribution in [2.75, 3.05) is 20.3 Å². The first-order valence-corrected chi connectivity index (χ1v) is 7.66. The Bertz CT molecular complexity index is 744. The number of hydrogen-bond donors (Lipinski definition) is 0. The van der Waals surface area contributed by atoms with Crippen LogP contribution in [0.3, 0.4) is 0 Å². The van der Waals surface area contributed by atoms with Gasteiger partial charge in [-0.3, -0.25) is 4.79 Å². The predicted molar refractivity (Wildman–Crippen MR) is 86.3 cm³/mol. The number of hydrogen-bond acceptors (Lipinski definition) is 6. The van der Waals surface area contributed by atoms with Gasteiger partial charge in [0.2, 0.25) is 11.5 Å². The van der Waals surface area contributed by atoms with Gasteiger partial charge in [-0.05, 0) is 33.8 Å². The van der Waals surface area contributed by atoms with Crippen molar-refractivity contribution in [1.29, 1.82) is 0 Å². The van der Waals surface area contributed by atoms with Crippen LogP contribution >= 0.6 is 0 Å². The number of nitrogens with zero attached hydrogens (tertiary/aromatic N) is 2. The predicted octanol–water partition coefficient (Wildman–Crippen LogP) is 2.65. The number of carbonyl (C=O) groups is 2. The molecule has 0 radical (unpaired) electrons. The lowest BCUT2D eigenvalue weighted by atomic mass is 10.1. The number of aromatic nitrogens is 2. The topological polar surface area (TPSA) is 83.6 Å². The molecule has 7 heteroatoms. The number of carbonyl (C=O) groups excluding carboxylic acids is 2. The lowest BCUT2D eigenvalue weighted by Gasteiger charge is -2.17. The summed E-state index contributed by atoms with van der Waals surface area (Å²) in [6, 6.07) is 3.37. The van der Waals surface area contributed by atoms with E-state index in [1.807, 2.05) is 25.3 Å². The molecular weight excluding hydrogens is 312 g/mol. The van der Waals surface area contributed by atoms with Crippen LogP contribution < -0.4 is 0 Å². The third-order valence-electron chi connectivity index (χ3n) is 3.80. The zero-order chi connectivity index (χ0) is 17.9. The fourth-order valence-corrected chi connectivity index (χ4v) is 2.79. The Kier molecular flexibility index (Phi) is 5.56. The number of rotatable bonds is 7. The largest absolute Gasteiger partial charge is 0.451 e. The van der Waals surface area contributed by atoms with Gasteiger partial charge in [0.05, 0.1) is 18.3 Å². The lowest BCUT2D eigenvalue weighted by Crippen LogP contribution is -2.17. The second-order valence-electron chi connectivity index (χ2n) is 5.79. The number of ketones is 1. The first-order chi connectivity index (χ1) is 11.3. The van der Waals surface area contributed by atoms with Crippen LogP contribution in [0.25, 0.3) is 0 Å². The highest BCUT2D eigenvalue weighted by Gasteiger charge is 2.21. The molecule has 0 amide bonds. The molecule has 24 heavy (non-hydrogen) atoms. The summed E-state index contributed by atoms with van der Waals surface area (Å²) in [6.07, 6.45) is 0. The third-order valence-corrected chi connectivity index (χ3v) is 3.80. The number of Topliss-reactive ketones (excluding diaryl/α,β-unsaturated/α-hetero) is 1. The molecule has 0 saturated heterocycles. The Morgan fingerprint density at radius 3 is 2.58 bits per heavy atom. The highest BCUT2D eigenvalue weighted by atomic mass is 16.6. The van der Waals surface area contributed by atoms with Crippen molar-refractivity contribution in [3.63, 3.8) is 0 Å². The third kappa shape index (κ3) is 3.73. The van der Waals surface area contributed by atoms with E-state index in [1.54, 1.807) is 20.1 Å². The van der Waals surface area contributed by atoms with E-state index < -0.39 is 5.97 Å². The Morgan fingerprint density at radius 1 is 1.29 bits per heavy atom. The minimum absolute atomic E-state index is 0.0144. The molecule has 0 N–H and O–H groups in total. The van der Waals surface area contributed by atoms with E-state index in [-0.39, 0.29) is 24.2 Å². The summed E-state index contributed by atoms with van der Waals surface area (Å²) >= 11 is 0. The first-order valence-electron chi connectivity index (χ1n) is 7.66. The van der Waals surface area contributed by atoms with Crippen molar-refractivity contribution in [2.45, 2.75) is 33.7 Å². The molecule has 2 rings (SSSR count). The molecule has 2 aromatic rings. The maximum atomic E-state index is 12.4. The second kappa shape index (κ2) is 7.44. The van der Waals surface area contributed by atoms with Gasteiger partial charge in [-0.2, -0.15) is 0 Å². The van der Waals surface area contributed by atoms with Crippen molar-refractivity contribution in [1.82, 2.24) is 9.72 Å². The van der Waals surface area contributed by atoms with E-state index in [4.69, 9.17) is 14.0 Å². The number of esters is 1. The summed E-state index contributed by atoms with van der Waals surface area (Å²) in [7, 11) is 1.64. The van der Waals surface area contributed by atoms with E-state index in [1.165, 1.54) is 6.07 Å². The quantitative estimate of drug-likeness (QED) is 0.572.